The first-order valence-electron chi connectivity index (χ1n) is 7.74. The number of aromatic nitrogens is 2. The quantitative estimate of drug-likeness (QED) is 0.734. The third-order valence-electron chi connectivity index (χ3n) is 3.76. The molecule has 1 aromatic carbocycles. The summed E-state index contributed by atoms with van der Waals surface area (Å²) in [4.78, 5) is 30.5. The second-order valence-corrected chi connectivity index (χ2v) is 5.71. The molecule has 0 aliphatic heterocycles. The smallest absolute Gasteiger partial charge is 0.254 e. The number of benzene rings is 1. The zero-order valence-electron chi connectivity index (χ0n) is 13.9. The van der Waals surface area contributed by atoms with Gasteiger partial charge in [0.1, 0.15) is 5.82 Å². The molecule has 1 aromatic heterocycles. The van der Waals surface area contributed by atoms with Gasteiger partial charge in [-0.05, 0) is 38.0 Å². The standard InChI is InChI=1S/C17H19F2N3O3/c1-9-12(17(25)22-10(2)21-9)4-6-16(24)20-8-15(23)11-3-5-13(18)14(19)7-11/h3,5,7,15,23H,4,6,8H2,1-2H3,(H,20,24)(H,21,22,25)/t15-/m1/s1. The predicted molar refractivity (Wildman–Crippen MR) is 87.0 cm³/mol. The number of amides is 1. The van der Waals surface area contributed by atoms with E-state index in [-0.39, 0.29) is 36.4 Å². The summed E-state index contributed by atoms with van der Waals surface area (Å²) in [7, 11) is 0. The van der Waals surface area contributed by atoms with Crippen LogP contribution in [0.1, 0.15) is 35.2 Å². The first-order valence-corrected chi connectivity index (χ1v) is 7.74. The fourth-order valence-electron chi connectivity index (χ4n) is 2.42. The fourth-order valence-corrected chi connectivity index (χ4v) is 2.42. The van der Waals surface area contributed by atoms with Crippen LogP contribution in [0.5, 0.6) is 0 Å². The van der Waals surface area contributed by atoms with Crippen molar-refractivity contribution in [2.24, 2.45) is 0 Å². The van der Waals surface area contributed by atoms with Gasteiger partial charge in [0, 0.05) is 24.2 Å². The number of nitrogens with one attached hydrogen (secondary N) is 2. The highest BCUT2D eigenvalue weighted by Gasteiger charge is 2.13. The van der Waals surface area contributed by atoms with Crippen LogP contribution >= 0.6 is 0 Å². The highest BCUT2D eigenvalue weighted by molar-refractivity contribution is 5.76. The molecule has 1 atom stereocenters. The zero-order chi connectivity index (χ0) is 18.6. The summed E-state index contributed by atoms with van der Waals surface area (Å²) in [5.74, 6) is -1.94. The largest absolute Gasteiger partial charge is 0.387 e. The number of aromatic amines is 1. The lowest BCUT2D eigenvalue weighted by Gasteiger charge is -2.13. The molecule has 6 nitrogen and oxygen atoms in total. The second kappa shape index (κ2) is 7.98. The van der Waals surface area contributed by atoms with Gasteiger partial charge in [0.05, 0.1) is 6.10 Å². The van der Waals surface area contributed by atoms with Crippen LogP contribution in [0.2, 0.25) is 0 Å². The molecular weight excluding hydrogens is 332 g/mol. The van der Waals surface area contributed by atoms with E-state index in [1.165, 1.54) is 6.07 Å². The molecule has 0 bridgehead atoms. The fraction of sp³-hybridized carbons (Fsp3) is 0.353. The van der Waals surface area contributed by atoms with Crippen molar-refractivity contribution in [3.05, 3.63) is 62.8 Å². The average molecular weight is 351 g/mol. The van der Waals surface area contributed by atoms with Crippen LogP contribution in [0.15, 0.2) is 23.0 Å². The van der Waals surface area contributed by atoms with Crippen molar-refractivity contribution in [3.8, 4) is 0 Å². The van der Waals surface area contributed by atoms with E-state index in [1.807, 2.05) is 0 Å². The number of hydrogen-bond acceptors (Lipinski definition) is 4. The molecule has 1 amide bonds. The number of nitrogens with zero attached hydrogens (tertiary/aromatic N) is 1. The van der Waals surface area contributed by atoms with E-state index in [4.69, 9.17) is 0 Å². The molecule has 0 radical (unpaired) electrons. The van der Waals surface area contributed by atoms with Crippen molar-refractivity contribution in [1.29, 1.82) is 0 Å². The second-order valence-electron chi connectivity index (χ2n) is 5.71. The van der Waals surface area contributed by atoms with Crippen LogP contribution in [0.4, 0.5) is 8.78 Å². The lowest BCUT2D eigenvalue weighted by atomic mass is 10.1. The van der Waals surface area contributed by atoms with Gasteiger partial charge in [-0.15, -0.1) is 0 Å². The molecule has 0 aliphatic rings. The minimum Gasteiger partial charge on any atom is -0.387 e. The third kappa shape index (κ3) is 4.93. The monoisotopic (exact) mass is 351 g/mol. The molecule has 3 N–H and O–H groups in total. The molecule has 8 heteroatoms. The van der Waals surface area contributed by atoms with Crippen molar-refractivity contribution in [3.63, 3.8) is 0 Å². The van der Waals surface area contributed by atoms with Gasteiger partial charge < -0.3 is 15.4 Å². The summed E-state index contributed by atoms with van der Waals surface area (Å²) >= 11 is 0. The van der Waals surface area contributed by atoms with E-state index in [1.54, 1.807) is 13.8 Å². The van der Waals surface area contributed by atoms with Gasteiger partial charge in [0.2, 0.25) is 5.91 Å². The van der Waals surface area contributed by atoms with E-state index in [2.05, 4.69) is 15.3 Å². The first kappa shape index (κ1) is 18.7. The molecule has 2 rings (SSSR count). The highest BCUT2D eigenvalue weighted by Crippen LogP contribution is 2.15. The van der Waals surface area contributed by atoms with Crippen LogP contribution in [-0.2, 0) is 11.2 Å². The number of H-pyrrole nitrogens is 1. The summed E-state index contributed by atoms with van der Waals surface area (Å²) in [5, 5.41) is 12.4. The van der Waals surface area contributed by atoms with Gasteiger partial charge in [0.25, 0.3) is 5.56 Å². The number of rotatable bonds is 6. The van der Waals surface area contributed by atoms with Crippen molar-refractivity contribution < 1.29 is 18.7 Å². The molecular formula is C17H19F2N3O3. The van der Waals surface area contributed by atoms with E-state index < -0.39 is 17.7 Å². The number of hydrogen-bond donors (Lipinski definition) is 3. The number of carbonyl (C=O) groups excluding carboxylic acids is 1. The lowest BCUT2D eigenvalue weighted by molar-refractivity contribution is -0.121. The minimum absolute atomic E-state index is 0.0408. The topological polar surface area (TPSA) is 95.1 Å². The molecule has 134 valence electrons. The Kier molecular flexibility index (Phi) is 5.97. The molecule has 0 spiro atoms. The Bertz CT molecular complexity index is 836. The Hall–Kier alpha value is -2.61. The maximum atomic E-state index is 13.1. The molecule has 0 saturated carbocycles. The minimum atomic E-state index is -1.16. The summed E-state index contributed by atoms with van der Waals surface area (Å²) in [6, 6.07) is 3.04. The van der Waals surface area contributed by atoms with Crippen LogP contribution in [-0.4, -0.2) is 27.5 Å². The number of carbonyl (C=O) groups is 1. The van der Waals surface area contributed by atoms with Crippen molar-refractivity contribution >= 4 is 5.91 Å². The Morgan fingerprint density at radius 2 is 2.04 bits per heavy atom. The molecule has 0 saturated heterocycles. The molecule has 0 unspecified atom stereocenters. The Morgan fingerprint density at radius 3 is 2.68 bits per heavy atom. The average Bonchev–Trinajstić information content (AvgIpc) is 2.54. The van der Waals surface area contributed by atoms with Crippen molar-refractivity contribution in [2.45, 2.75) is 32.8 Å². The summed E-state index contributed by atoms with van der Waals surface area (Å²) in [6.07, 6.45) is -0.911. The van der Waals surface area contributed by atoms with E-state index >= 15 is 0 Å². The van der Waals surface area contributed by atoms with Crippen LogP contribution in [0, 0.1) is 25.5 Å². The van der Waals surface area contributed by atoms with E-state index in [0.29, 0.717) is 17.1 Å². The molecule has 1 heterocycles. The highest BCUT2D eigenvalue weighted by atomic mass is 19.2. The zero-order valence-corrected chi connectivity index (χ0v) is 13.9. The van der Waals surface area contributed by atoms with Gasteiger partial charge >= 0.3 is 0 Å². The number of aryl methyl sites for hydroxylation is 2. The van der Waals surface area contributed by atoms with Gasteiger partial charge in [0.15, 0.2) is 11.6 Å². The Morgan fingerprint density at radius 1 is 1.32 bits per heavy atom. The van der Waals surface area contributed by atoms with E-state index in [9.17, 15) is 23.5 Å². The maximum Gasteiger partial charge on any atom is 0.254 e. The van der Waals surface area contributed by atoms with Gasteiger partial charge in [-0.1, -0.05) is 6.07 Å². The predicted octanol–water partition coefficient (Wildman–Crippen LogP) is 1.45. The van der Waals surface area contributed by atoms with Crippen LogP contribution < -0.4 is 10.9 Å². The normalized spacial score (nSPS) is 12.0. The van der Waals surface area contributed by atoms with Gasteiger partial charge in [-0.25, -0.2) is 13.8 Å². The van der Waals surface area contributed by atoms with E-state index in [0.717, 1.165) is 12.1 Å². The van der Waals surface area contributed by atoms with Crippen LogP contribution in [0.3, 0.4) is 0 Å². The summed E-state index contributed by atoms with van der Waals surface area (Å²) in [5.41, 5.74) is 0.881. The first-order chi connectivity index (χ1) is 11.8. The van der Waals surface area contributed by atoms with Crippen molar-refractivity contribution in [1.82, 2.24) is 15.3 Å². The Balaban J connectivity index is 1.88. The molecule has 0 aliphatic carbocycles. The van der Waals surface area contributed by atoms with Crippen molar-refractivity contribution in [2.75, 3.05) is 6.54 Å². The molecule has 2 aromatic rings. The Labute approximate surface area is 142 Å². The SMILES string of the molecule is Cc1nc(C)c(CCC(=O)NC[C@@H](O)c2ccc(F)c(F)c2)c(=O)[nH]1. The summed E-state index contributed by atoms with van der Waals surface area (Å²) < 4.78 is 26.0. The number of halogens is 2. The number of aliphatic hydroxyl groups is 1. The molecule has 25 heavy (non-hydrogen) atoms. The number of aliphatic hydroxyl groups excluding tert-OH is 1. The summed E-state index contributed by atoms with van der Waals surface area (Å²) in [6.45, 7) is 3.22. The van der Waals surface area contributed by atoms with Crippen LogP contribution in [0.25, 0.3) is 0 Å². The van der Waals surface area contributed by atoms with Gasteiger partial charge in [-0.2, -0.15) is 0 Å². The molecule has 0 fully saturated rings. The maximum absolute atomic E-state index is 13.1. The van der Waals surface area contributed by atoms with Gasteiger partial charge in [-0.3, -0.25) is 9.59 Å². The third-order valence-corrected chi connectivity index (χ3v) is 3.76. The lowest BCUT2D eigenvalue weighted by Crippen LogP contribution is -2.29.